The molecule has 4 nitrogen and oxygen atoms in total. The van der Waals surface area contributed by atoms with Gasteiger partial charge >= 0.3 is 0 Å². The molecule has 2 aromatic rings. The first-order valence-electron chi connectivity index (χ1n) is 5.26. The summed E-state index contributed by atoms with van der Waals surface area (Å²) in [6, 6.07) is 10.4. The van der Waals surface area contributed by atoms with Crippen molar-refractivity contribution in [1.82, 2.24) is 4.37 Å². The average molecular weight is 242 g/mol. The Morgan fingerprint density at radius 3 is 2.53 bits per heavy atom. The topological polar surface area (TPSA) is 65.9 Å². The number of hydrogen-bond donors (Lipinski definition) is 1. The SMILES string of the molecule is N#Cc1c(N)nsc1N1Cc2ccccc2C1. The lowest BCUT2D eigenvalue weighted by Gasteiger charge is -2.14. The molecule has 0 amide bonds. The summed E-state index contributed by atoms with van der Waals surface area (Å²) >= 11 is 1.30. The van der Waals surface area contributed by atoms with Gasteiger partial charge in [0.15, 0.2) is 5.82 Å². The molecule has 17 heavy (non-hydrogen) atoms. The predicted molar refractivity (Wildman–Crippen MR) is 67.6 cm³/mol. The minimum Gasteiger partial charge on any atom is -0.382 e. The van der Waals surface area contributed by atoms with Gasteiger partial charge in [-0.3, -0.25) is 0 Å². The van der Waals surface area contributed by atoms with E-state index >= 15 is 0 Å². The highest BCUT2D eigenvalue weighted by Crippen LogP contribution is 2.35. The van der Waals surface area contributed by atoms with E-state index in [9.17, 15) is 0 Å². The zero-order valence-corrected chi connectivity index (χ0v) is 9.87. The zero-order chi connectivity index (χ0) is 11.8. The summed E-state index contributed by atoms with van der Waals surface area (Å²) in [6.07, 6.45) is 0. The highest BCUT2D eigenvalue weighted by Gasteiger charge is 2.23. The summed E-state index contributed by atoms with van der Waals surface area (Å²) in [6.45, 7) is 1.65. The molecule has 2 N–H and O–H groups in total. The molecular weight excluding hydrogens is 232 g/mol. The number of nitrogens with zero attached hydrogens (tertiary/aromatic N) is 3. The lowest BCUT2D eigenvalue weighted by molar-refractivity contribution is 0.891. The number of fused-ring (bicyclic) bond motifs is 1. The number of rotatable bonds is 1. The Kier molecular flexibility index (Phi) is 2.23. The Labute approximate surface area is 103 Å². The summed E-state index contributed by atoms with van der Waals surface area (Å²) in [5.74, 6) is 0.337. The van der Waals surface area contributed by atoms with E-state index in [-0.39, 0.29) is 0 Å². The van der Waals surface area contributed by atoms with Crippen LogP contribution in [0, 0.1) is 11.3 Å². The fraction of sp³-hybridized carbons (Fsp3) is 0.167. The van der Waals surface area contributed by atoms with Gasteiger partial charge in [-0.25, -0.2) is 0 Å². The van der Waals surface area contributed by atoms with Crippen LogP contribution in [0.2, 0.25) is 0 Å². The second-order valence-corrected chi connectivity index (χ2v) is 4.74. The molecule has 1 aromatic heterocycles. The second-order valence-electron chi connectivity index (χ2n) is 3.98. The first-order valence-corrected chi connectivity index (χ1v) is 6.04. The molecule has 5 heteroatoms. The third-order valence-electron chi connectivity index (χ3n) is 2.94. The highest BCUT2D eigenvalue weighted by molar-refractivity contribution is 7.10. The van der Waals surface area contributed by atoms with Crippen LogP contribution in [0.4, 0.5) is 10.8 Å². The van der Waals surface area contributed by atoms with Crippen molar-refractivity contribution >= 4 is 22.4 Å². The van der Waals surface area contributed by atoms with Crippen molar-refractivity contribution in [1.29, 1.82) is 5.26 Å². The summed E-state index contributed by atoms with van der Waals surface area (Å²) in [7, 11) is 0. The number of nitrogen functional groups attached to an aromatic ring is 1. The van der Waals surface area contributed by atoms with Crippen LogP contribution < -0.4 is 10.6 Å². The Bertz CT molecular complexity index is 586. The number of nitriles is 1. The average Bonchev–Trinajstić information content (AvgIpc) is 2.91. The summed E-state index contributed by atoms with van der Waals surface area (Å²) in [4.78, 5) is 2.15. The fourth-order valence-corrected chi connectivity index (χ4v) is 2.85. The largest absolute Gasteiger partial charge is 0.382 e. The van der Waals surface area contributed by atoms with Crippen molar-refractivity contribution in [2.45, 2.75) is 13.1 Å². The minimum absolute atomic E-state index is 0.337. The van der Waals surface area contributed by atoms with Gasteiger partial charge in [0.25, 0.3) is 0 Å². The molecule has 2 heterocycles. The molecule has 1 aromatic carbocycles. The first kappa shape index (κ1) is 10.1. The van der Waals surface area contributed by atoms with Crippen LogP contribution in [0.1, 0.15) is 16.7 Å². The van der Waals surface area contributed by atoms with E-state index in [0.717, 1.165) is 18.1 Å². The van der Waals surface area contributed by atoms with Gasteiger partial charge in [-0.1, -0.05) is 24.3 Å². The molecule has 3 rings (SSSR count). The van der Waals surface area contributed by atoms with Gasteiger partial charge in [-0.05, 0) is 22.7 Å². The maximum Gasteiger partial charge on any atom is 0.157 e. The van der Waals surface area contributed by atoms with Crippen molar-refractivity contribution in [3.8, 4) is 6.07 Å². The third-order valence-corrected chi connectivity index (χ3v) is 3.86. The molecule has 84 valence electrons. The zero-order valence-electron chi connectivity index (χ0n) is 9.05. The van der Waals surface area contributed by atoms with Crippen LogP contribution in [0.15, 0.2) is 24.3 Å². The van der Waals surface area contributed by atoms with E-state index in [1.165, 1.54) is 22.7 Å². The van der Waals surface area contributed by atoms with E-state index in [1.807, 2.05) is 12.1 Å². The molecule has 0 atom stereocenters. The van der Waals surface area contributed by atoms with E-state index in [0.29, 0.717) is 11.4 Å². The van der Waals surface area contributed by atoms with E-state index < -0.39 is 0 Å². The number of aromatic nitrogens is 1. The number of hydrogen-bond acceptors (Lipinski definition) is 5. The van der Waals surface area contributed by atoms with Gasteiger partial charge in [0.05, 0.1) is 0 Å². The Morgan fingerprint density at radius 1 is 1.29 bits per heavy atom. The van der Waals surface area contributed by atoms with Crippen molar-refractivity contribution in [2.24, 2.45) is 0 Å². The van der Waals surface area contributed by atoms with E-state index in [4.69, 9.17) is 11.0 Å². The molecule has 0 saturated heterocycles. The molecule has 0 unspecified atom stereocenters. The maximum atomic E-state index is 9.08. The highest BCUT2D eigenvalue weighted by atomic mass is 32.1. The van der Waals surface area contributed by atoms with E-state index in [1.54, 1.807) is 0 Å². The fourth-order valence-electron chi connectivity index (χ4n) is 2.09. The van der Waals surface area contributed by atoms with Gasteiger partial charge < -0.3 is 10.6 Å². The van der Waals surface area contributed by atoms with Gasteiger partial charge in [-0.15, -0.1) is 0 Å². The smallest absolute Gasteiger partial charge is 0.157 e. The molecule has 1 aliphatic heterocycles. The molecule has 0 spiro atoms. The second kappa shape index (κ2) is 3.75. The van der Waals surface area contributed by atoms with Crippen LogP contribution in [0.25, 0.3) is 0 Å². The maximum absolute atomic E-state index is 9.08. The number of anilines is 2. The first-order chi connectivity index (χ1) is 8.29. The summed E-state index contributed by atoms with van der Waals surface area (Å²) < 4.78 is 4.05. The Hall–Kier alpha value is -2.06. The van der Waals surface area contributed by atoms with Crippen LogP contribution in [0.3, 0.4) is 0 Å². The molecule has 0 bridgehead atoms. The molecule has 0 fully saturated rings. The summed E-state index contributed by atoms with van der Waals surface area (Å²) in [5, 5.41) is 9.95. The standard InChI is InChI=1S/C12H10N4S/c13-5-10-11(14)15-17-12(10)16-6-8-3-1-2-4-9(8)7-16/h1-4H,6-7H2,(H2,14,15). The monoisotopic (exact) mass is 242 g/mol. The van der Waals surface area contributed by atoms with Crippen molar-refractivity contribution < 1.29 is 0 Å². The van der Waals surface area contributed by atoms with Gasteiger partial charge in [0, 0.05) is 13.1 Å². The molecule has 1 aliphatic rings. The Balaban J connectivity index is 1.97. The van der Waals surface area contributed by atoms with Crippen LogP contribution in [-0.2, 0) is 13.1 Å². The van der Waals surface area contributed by atoms with Gasteiger partial charge in [0.1, 0.15) is 16.6 Å². The van der Waals surface area contributed by atoms with Crippen LogP contribution >= 0.6 is 11.5 Å². The van der Waals surface area contributed by atoms with Crippen molar-refractivity contribution in [3.63, 3.8) is 0 Å². The van der Waals surface area contributed by atoms with E-state index in [2.05, 4.69) is 27.5 Å². The third kappa shape index (κ3) is 1.54. The Morgan fingerprint density at radius 2 is 1.94 bits per heavy atom. The normalized spacial score (nSPS) is 13.5. The quantitative estimate of drug-likeness (QED) is 0.831. The lowest BCUT2D eigenvalue weighted by atomic mass is 10.1. The van der Waals surface area contributed by atoms with Crippen molar-refractivity contribution in [3.05, 3.63) is 41.0 Å². The van der Waals surface area contributed by atoms with Crippen LogP contribution in [-0.4, -0.2) is 4.37 Å². The minimum atomic E-state index is 0.337. The molecular formula is C12H10N4S. The van der Waals surface area contributed by atoms with Gasteiger partial charge in [-0.2, -0.15) is 9.64 Å². The molecule has 0 aliphatic carbocycles. The lowest BCUT2D eigenvalue weighted by Crippen LogP contribution is -2.14. The number of benzene rings is 1. The number of nitrogens with two attached hydrogens (primary N) is 1. The molecule has 0 saturated carbocycles. The van der Waals surface area contributed by atoms with Crippen molar-refractivity contribution in [2.75, 3.05) is 10.6 Å². The van der Waals surface area contributed by atoms with Gasteiger partial charge in [0.2, 0.25) is 0 Å². The van der Waals surface area contributed by atoms with Crippen LogP contribution in [0.5, 0.6) is 0 Å². The molecule has 0 radical (unpaired) electrons. The predicted octanol–water partition coefficient (Wildman–Crippen LogP) is 2.12. The summed E-state index contributed by atoms with van der Waals surface area (Å²) in [5.41, 5.74) is 8.79.